The lowest BCUT2D eigenvalue weighted by Crippen LogP contribution is -2.37. The van der Waals surface area contributed by atoms with Crippen molar-refractivity contribution < 1.29 is 4.79 Å². The third-order valence-corrected chi connectivity index (χ3v) is 5.68. The summed E-state index contributed by atoms with van der Waals surface area (Å²) in [4.78, 5) is 30.7. The Morgan fingerprint density at radius 3 is 2.89 bits per heavy atom. The van der Waals surface area contributed by atoms with E-state index in [0.717, 1.165) is 61.7 Å². The maximum absolute atomic E-state index is 12.9. The topological polar surface area (TPSA) is 62.2 Å². The summed E-state index contributed by atoms with van der Waals surface area (Å²) < 4.78 is 0. The van der Waals surface area contributed by atoms with Crippen molar-refractivity contribution in [3.8, 4) is 0 Å². The van der Waals surface area contributed by atoms with Crippen molar-refractivity contribution in [1.82, 2.24) is 19.9 Å². The van der Waals surface area contributed by atoms with E-state index in [1.165, 1.54) is 12.8 Å². The van der Waals surface area contributed by atoms with Gasteiger partial charge in [-0.15, -0.1) is 0 Å². The van der Waals surface area contributed by atoms with Gasteiger partial charge in [0, 0.05) is 62.8 Å². The molecule has 1 atom stereocenters. The maximum atomic E-state index is 12.9. The van der Waals surface area contributed by atoms with E-state index in [2.05, 4.69) is 14.9 Å². The van der Waals surface area contributed by atoms with Crippen molar-refractivity contribution in [2.45, 2.75) is 38.5 Å². The van der Waals surface area contributed by atoms with Gasteiger partial charge in [-0.05, 0) is 49.8 Å². The zero-order valence-electron chi connectivity index (χ0n) is 16.0. The van der Waals surface area contributed by atoms with Crippen LogP contribution < -0.4 is 4.90 Å². The SMILES string of the molecule is CN(CCc1ccccn1)C(=O)C1CCc2nc(N3CCCC3)ncc2C1. The molecule has 1 aliphatic heterocycles. The third-order valence-electron chi connectivity index (χ3n) is 5.68. The second-order valence-corrected chi connectivity index (χ2v) is 7.61. The van der Waals surface area contributed by atoms with Gasteiger partial charge in [-0.1, -0.05) is 6.07 Å². The summed E-state index contributed by atoms with van der Waals surface area (Å²) in [6.45, 7) is 2.81. The van der Waals surface area contributed by atoms with Gasteiger partial charge < -0.3 is 9.80 Å². The van der Waals surface area contributed by atoms with Crippen LogP contribution in [0.5, 0.6) is 0 Å². The minimum absolute atomic E-state index is 0.0347. The fraction of sp³-hybridized carbons (Fsp3) is 0.524. The Balaban J connectivity index is 1.36. The second-order valence-electron chi connectivity index (χ2n) is 7.61. The Labute approximate surface area is 160 Å². The molecule has 0 spiro atoms. The molecule has 1 saturated heterocycles. The first-order chi connectivity index (χ1) is 13.2. The van der Waals surface area contributed by atoms with Crippen LogP contribution in [0.15, 0.2) is 30.6 Å². The molecule has 3 heterocycles. The monoisotopic (exact) mass is 365 g/mol. The lowest BCUT2D eigenvalue weighted by Gasteiger charge is -2.28. The number of carbonyl (C=O) groups excluding carboxylic acids is 1. The minimum atomic E-state index is 0.0347. The first kappa shape index (κ1) is 17.9. The zero-order valence-corrected chi connectivity index (χ0v) is 16.0. The summed E-state index contributed by atoms with van der Waals surface area (Å²) in [6, 6.07) is 5.90. The van der Waals surface area contributed by atoms with Crippen LogP contribution in [0.2, 0.25) is 0 Å². The summed E-state index contributed by atoms with van der Waals surface area (Å²) in [7, 11) is 1.90. The molecule has 4 rings (SSSR count). The van der Waals surface area contributed by atoms with Crippen LogP contribution in [0, 0.1) is 5.92 Å². The van der Waals surface area contributed by atoms with E-state index in [4.69, 9.17) is 4.98 Å². The molecule has 0 bridgehead atoms. The molecule has 142 valence electrons. The fourth-order valence-corrected chi connectivity index (χ4v) is 4.03. The van der Waals surface area contributed by atoms with E-state index in [1.54, 1.807) is 6.20 Å². The highest BCUT2D eigenvalue weighted by molar-refractivity contribution is 5.79. The predicted octanol–water partition coefficient (Wildman–Crippen LogP) is 2.28. The standard InChI is InChI=1S/C21H27N5O/c1-25(13-9-18-6-2-3-10-22-18)20(27)16-7-8-19-17(14-16)15-23-21(24-19)26-11-4-5-12-26/h2-3,6,10,15-16H,4-5,7-9,11-14H2,1H3. The van der Waals surface area contributed by atoms with Crippen LogP contribution in [0.25, 0.3) is 0 Å². The molecule has 27 heavy (non-hydrogen) atoms. The number of pyridine rings is 1. The molecule has 2 aliphatic rings. The number of anilines is 1. The first-order valence-electron chi connectivity index (χ1n) is 9.95. The van der Waals surface area contributed by atoms with Gasteiger partial charge in [0.1, 0.15) is 0 Å². The predicted molar refractivity (Wildman–Crippen MR) is 105 cm³/mol. The van der Waals surface area contributed by atoms with Gasteiger partial charge in [-0.2, -0.15) is 0 Å². The number of carbonyl (C=O) groups is 1. The van der Waals surface area contributed by atoms with Crippen LogP contribution in [-0.4, -0.2) is 52.4 Å². The molecule has 6 nitrogen and oxygen atoms in total. The number of rotatable bonds is 5. The van der Waals surface area contributed by atoms with Gasteiger partial charge in [0.25, 0.3) is 0 Å². The van der Waals surface area contributed by atoms with E-state index < -0.39 is 0 Å². The highest BCUT2D eigenvalue weighted by Gasteiger charge is 2.28. The first-order valence-corrected chi connectivity index (χ1v) is 9.95. The van der Waals surface area contributed by atoms with E-state index in [9.17, 15) is 4.79 Å². The van der Waals surface area contributed by atoms with E-state index in [1.807, 2.05) is 36.3 Å². The van der Waals surface area contributed by atoms with Crippen LogP contribution >= 0.6 is 0 Å². The summed E-state index contributed by atoms with van der Waals surface area (Å²) in [5, 5.41) is 0. The molecule has 1 amide bonds. The summed E-state index contributed by atoms with van der Waals surface area (Å²) >= 11 is 0. The quantitative estimate of drug-likeness (QED) is 0.813. The van der Waals surface area contributed by atoms with Gasteiger partial charge in [-0.25, -0.2) is 9.97 Å². The Morgan fingerprint density at radius 2 is 2.11 bits per heavy atom. The van der Waals surface area contributed by atoms with Crippen molar-refractivity contribution in [2.24, 2.45) is 5.92 Å². The smallest absolute Gasteiger partial charge is 0.225 e. The molecule has 0 aromatic carbocycles. The van der Waals surface area contributed by atoms with Crippen molar-refractivity contribution in [2.75, 3.05) is 31.6 Å². The fourth-order valence-electron chi connectivity index (χ4n) is 4.03. The lowest BCUT2D eigenvalue weighted by atomic mass is 9.86. The Bertz CT molecular complexity index is 788. The van der Waals surface area contributed by atoms with Crippen molar-refractivity contribution in [1.29, 1.82) is 0 Å². The second kappa shape index (κ2) is 8.03. The average Bonchev–Trinajstić information content (AvgIpc) is 3.26. The molecular formula is C21H27N5O. The number of likely N-dealkylation sites (N-methyl/N-ethyl adjacent to an activating group) is 1. The summed E-state index contributed by atoms with van der Waals surface area (Å²) in [6.07, 6.45) is 9.47. The van der Waals surface area contributed by atoms with E-state index in [0.29, 0.717) is 6.54 Å². The normalized spacial score (nSPS) is 19.0. The Morgan fingerprint density at radius 1 is 1.26 bits per heavy atom. The zero-order chi connectivity index (χ0) is 18.6. The van der Waals surface area contributed by atoms with Gasteiger partial charge in [0.15, 0.2) is 0 Å². The molecule has 0 N–H and O–H groups in total. The largest absolute Gasteiger partial charge is 0.345 e. The van der Waals surface area contributed by atoms with Crippen LogP contribution in [0.3, 0.4) is 0 Å². The highest BCUT2D eigenvalue weighted by atomic mass is 16.2. The number of hydrogen-bond donors (Lipinski definition) is 0. The highest BCUT2D eigenvalue weighted by Crippen LogP contribution is 2.27. The van der Waals surface area contributed by atoms with Crippen LogP contribution in [-0.2, 0) is 24.1 Å². The number of aryl methyl sites for hydroxylation is 1. The molecule has 0 radical (unpaired) electrons. The van der Waals surface area contributed by atoms with Crippen molar-refractivity contribution in [3.63, 3.8) is 0 Å². The maximum Gasteiger partial charge on any atom is 0.225 e. The van der Waals surface area contributed by atoms with E-state index >= 15 is 0 Å². The van der Waals surface area contributed by atoms with Crippen molar-refractivity contribution in [3.05, 3.63) is 47.5 Å². The summed E-state index contributed by atoms with van der Waals surface area (Å²) in [5.41, 5.74) is 3.29. The Kier molecular flexibility index (Phi) is 5.32. The molecule has 2 aromatic rings. The van der Waals surface area contributed by atoms with Crippen LogP contribution in [0.1, 0.15) is 36.2 Å². The van der Waals surface area contributed by atoms with Gasteiger partial charge >= 0.3 is 0 Å². The molecule has 1 aliphatic carbocycles. The number of fused-ring (bicyclic) bond motifs is 1. The molecule has 2 aromatic heterocycles. The van der Waals surface area contributed by atoms with E-state index in [-0.39, 0.29) is 11.8 Å². The number of nitrogens with zero attached hydrogens (tertiary/aromatic N) is 5. The molecule has 6 heteroatoms. The average molecular weight is 365 g/mol. The molecule has 1 fully saturated rings. The van der Waals surface area contributed by atoms with Crippen LogP contribution in [0.4, 0.5) is 5.95 Å². The van der Waals surface area contributed by atoms with Crippen molar-refractivity contribution >= 4 is 11.9 Å². The Hall–Kier alpha value is -2.50. The number of aromatic nitrogens is 3. The molecule has 0 saturated carbocycles. The molecule has 1 unspecified atom stereocenters. The van der Waals surface area contributed by atoms with Gasteiger partial charge in [-0.3, -0.25) is 9.78 Å². The number of hydrogen-bond acceptors (Lipinski definition) is 5. The summed E-state index contributed by atoms with van der Waals surface area (Å²) in [5.74, 6) is 1.12. The number of amides is 1. The van der Waals surface area contributed by atoms with Gasteiger partial charge in [0.2, 0.25) is 11.9 Å². The van der Waals surface area contributed by atoms with Gasteiger partial charge in [0.05, 0.1) is 0 Å². The minimum Gasteiger partial charge on any atom is -0.345 e. The third kappa shape index (κ3) is 4.10. The lowest BCUT2D eigenvalue weighted by molar-refractivity contribution is -0.134. The molecular weight excluding hydrogens is 338 g/mol.